The van der Waals surface area contributed by atoms with E-state index in [0.29, 0.717) is 27.3 Å². The first kappa shape index (κ1) is 20.2. The predicted molar refractivity (Wildman–Crippen MR) is 114 cm³/mol. The molecule has 0 bridgehead atoms. The van der Waals surface area contributed by atoms with E-state index >= 15 is 0 Å². The molecule has 2 aromatic rings. The monoisotopic (exact) mass is 417 g/mol. The van der Waals surface area contributed by atoms with E-state index in [1.54, 1.807) is 32.4 Å². The second-order valence-electron chi connectivity index (χ2n) is 6.33. The van der Waals surface area contributed by atoms with E-state index in [1.165, 1.54) is 16.7 Å². The van der Waals surface area contributed by atoms with Crippen molar-refractivity contribution in [2.45, 2.75) is 18.6 Å². The molecule has 1 atom stereocenters. The predicted octanol–water partition coefficient (Wildman–Crippen LogP) is 4.25. The van der Waals surface area contributed by atoms with Crippen LogP contribution in [-0.4, -0.2) is 41.3 Å². The molecule has 0 aliphatic carbocycles. The van der Waals surface area contributed by atoms with Crippen LogP contribution in [0.5, 0.6) is 5.75 Å². The van der Waals surface area contributed by atoms with Crippen LogP contribution in [0.1, 0.15) is 12.0 Å². The molecule has 1 fully saturated rings. The Kier molecular flexibility index (Phi) is 6.26. The fourth-order valence-electron chi connectivity index (χ4n) is 2.67. The smallest absolute Gasteiger partial charge is 0.242 e. The van der Waals surface area contributed by atoms with E-state index in [2.05, 4.69) is 10.3 Å². The van der Waals surface area contributed by atoms with Crippen LogP contribution >= 0.6 is 23.4 Å². The molecule has 1 saturated heterocycles. The van der Waals surface area contributed by atoms with Crippen molar-refractivity contribution in [2.24, 2.45) is 4.99 Å². The summed E-state index contributed by atoms with van der Waals surface area (Å²) >= 11 is 7.30. The molecule has 1 aliphatic heterocycles. The number of aryl methyl sites for hydroxylation is 1. The second kappa shape index (κ2) is 8.67. The Balaban J connectivity index is 1.72. The van der Waals surface area contributed by atoms with Gasteiger partial charge in [0, 0.05) is 24.2 Å². The number of ether oxygens (including phenoxy) is 1. The largest absolute Gasteiger partial charge is 0.494 e. The number of rotatable bonds is 5. The van der Waals surface area contributed by atoms with Crippen molar-refractivity contribution >= 4 is 51.7 Å². The number of halogens is 1. The van der Waals surface area contributed by atoms with Gasteiger partial charge in [0.15, 0.2) is 5.17 Å². The highest BCUT2D eigenvalue weighted by molar-refractivity contribution is 8.15. The molecule has 3 rings (SSSR count). The summed E-state index contributed by atoms with van der Waals surface area (Å²) in [5.74, 6) is 0.174. The molecule has 0 aromatic heterocycles. The van der Waals surface area contributed by atoms with Crippen LogP contribution in [0.15, 0.2) is 47.5 Å². The van der Waals surface area contributed by atoms with Gasteiger partial charge < -0.3 is 10.1 Å². The van der Waals surface area contributed by atoms with E-state index in [4.69, 9.17) is 16.3 Å². The summed E-state index contributed by atoms with van der Waals surface area (Å²) in [6.07, 6.45) is 0.0629. The van der Waals surface area contributed by atoms with E-state index in [-0.39, 0.29) is 18.2 Å². The number of nitrogens with one attached hydrogen (secondary N) is 1. The van der Waals surface area contributed by atoms with Crippen LogP contribution in [0, 0.1) is 6.92 Å². The number of thioether (sulfide) groups is 1. The fraction of sp³-hybridized carbons (Fsp3) is 0.250. The van der Waals surface area contributed by atoms with Gasteiger partial charge in [-0.15, -0.1) is 0 Å². The summed E-state index contributed by atoms with van der Waals surface area (Å²) < 4.78 is 5.30. The number of nitrogens with zero attached hydrogens (tertiary/aromatic N) is 2. The third-order valence-electron chi connectivity index (χ3n) is 4.20. The number of amides is 2. The molecule has 2 aromatic carbocycles. The first-order valence-electron chi connectivity index (χ1n) is 8.60. The molecule has 1 heterocycles. The second-order valence-corrected chi connectivity index (χ2v) is 7.94. The van der Waals surface area contributed by atoms with Crippen LogP contribution in [0.3, 0.4) is 0 Å². The molecule has 0 unspecified atom stereocenters. The van der Waals surface area contributed by atoms with Gasteiger partial charge in [0.25, 0.3) is 0 Å². The van der Waals surface area contributed by atoms with Crippen molar-refractivity contribution in [2.75, 3.05) is 19.5 Å². The Labute approximate surface area is 172 Å². The Morgan fingerprint density at radius 2 is 2.00 bits per heavy atom. The zero-order valence-electron chi connectivity index (χ0n) is 15.7. The Morgan fingerprint density at radius 3 is 2.68 bits per heavy atom. The molecule has 6 nitrogen and oxygen atoms in total. The summed E-state index contributed by atoms with van der Waals surface area (Å²) in [4.78, 5) is 30.9. The minimum Gasteiger partial charge on any atom is -0.494 e. The minimum atomic E-state index is -0.528. The van der Waals surface area contributed by atoms with Gasteiger partial charge in [-0.2, -0.15) is 0 Å². The van der Waals surface area contributed by atoms with Gasteiger partial charge in [-0.1, -0.05) is 41.1 Å². The lowest BCUT2D eigenvalue weighted by atomic mass is 10.2. The third-order valence-corrected chi connectivity index (χ3v) is 5.67. The Morgan fingerprint density at radius 1 is 1.29 bits per heavy atom. The highest BCUT2D eigenvalue weighted by Crippen LogP contribution is 2.35. The third kappa shape index (κ3) is 4.66. The highest BCUT2D eigenvalue weighted by Gasteiger charge is 2.37. The van der Waals surface area contributed by atoms with Gasteiger partial charge in [0.2, 0.25) is 11.8 Å². The lowest BCUT2D eigenvalue weighted by Gasteiger charge is -2.10. The van der Waals surface area contributed by atoms with Gasteiger partial charge in [-0.25, -0.2) is 4.99 Å². The number of carbonyl (C=O) groups excluding carboxylic acids is 2. The summed E-state index contributed by atoms with van der Waals surface area (Å²) in [5.41, 5.74) is 2.34. The van der Waals surface area contributed by atoms with Crippen molar-refractivity contribution in [1.29, 1.82) is 0 Å². The summed E-state index contributed by atoms with van der Waals surface area (Å²) in [7, 11) is 3.19. The molecule has 0 radical (unpaired) electrons. The molecule has 0 saturated carbocycles. The summed E-state index contributed by atoms with van der Waals surface area (Å²) in [6.45, 7) is 1.98. The standard InChI is InChI=1S/C20H20ClN3O3S/c1-12-4-7-14(8-5-12)22-18(25)11-17-19(26)24(2)20(28-17)23-15-10-13(21)6-9-16(15)27-3/h4-10,17H,11H2,1-3H3,(H,22,25)/t17-/m0/s1. The number of hydrogen-bond donors (Lipinski definition) is 1. The SMILES string of the molecule is COc1ccc(Cl)cc1N=C1S[C@@H](CC(=O)Nc2ccc(C)cc2)C(=O)N1C. The van der Waals surface area contributed by atoms with E-state index < -0.39 is 5.25 Å². The van der Waals surface area contributed by atoms with Crippen LogP contribution in [0.4, 0.5) is 11.4 Å². The zero-order valence-corrected chi connectivity index (χ0v) is 17.3. The molecular formula is C20H20ClN3O3S. The van der Waals surface area contributed by atoms with Gasteiger partial charge >= 0.3 is 0 Å². The van der Waals surface area contributed by atoms with E-state index in [0.717, 1.165) is 5.56 Å². The Bertz CT molecular complexity index is 931. The Hall–Kier alpha value is -2.51. The van der Waals surface area contributed by atoms with Crippen molar-refractivity contribution < 1.29 is 14.3 Å². The average molecular weight is 418 g/mol. The van der Waals surface area contributed by atoms with Crippen molar-refractivity contribution in [3.8, 4) is 5.75 Å². The number of anilines is 1. The maximum atomic E-state index is 12.5. The highest BCUT2D eigenvalue weighted by atomic mass is 35.5. The first-order valence-corrected chi connectivity index (χ1v) is 9.86. The van der Waals surface area contributed by atoms with Crippen molar-refractivity contribution in [3.05, 3.63) is 53.1 Å². The summed E-state index contributed by atoms with van der Waals surface area (Å²) in [5, 5.41) is 3.31. The molecule has 28 heavy (non-hydrogen) atoms. The number of methoxy groups -OCH3 is 1. The first-order chi connectivity index (χ1) is 13.4. The van der Waals surface area contributed by atoms with Gasteiger partial charge in [-0.3, -0.25) is 14.5 Å². The van der Waals surface area contributed by atoms with Gasteiger partial charge in [0.05, 0.1) is 7.11 Å². The quantitative estimate of drug-likeness (QED) is 0.789. The normalized spacial score (nSPS) is 17.9. The van der Waals surface area contributed by atoms with E-state index in [1.807, 2.05) is 31.2 Å². The van der Waals surface area contributed by atoms with Crippen LogP contribution < -0.4 is 10.1 Å². The van der Waals surface area contributed by atoms with Crippen LogP contribution in [-0.2, 0) is 9.59 Å². The fourth-order valence-corrected chi connectivity index (χ4v) is 3.98. The number of carbonyl (C=O) groups is 2. The van der Waals surface area contributed by atoms with Crippen molar-refractivity contribution in [3.63, 3.8) is 0 Å². The van der Waals surface area contributed by atoms with Gasteiger partial charge in [0.1, 0.15) is 16.7 Å². The molecule has 0 spiro atoms. The number of aliphatic imine (C=N–C) groups is 1. The molecule has 8 heteroatoms. The van der Waals surface area contributed by atoms with Crippen molar-refractivity contribution in [1.82, 2.24) is 4.90 Å². The summed E-state index contributed by atoms with van der Waals surface area (Å²) in [6, 6.07) is 12.6. The lowest BCUT2D eigenvalue weighted by molar-refractivity contribution is -0.127. The molecule has 146 valence electrons. The number of benzene rings is 2. The average Bonchev–Trinajstić information content (AvgIpc) is 2.92. The minimum absolute atomic E-state index is 0.0629. The topological polar surface area (TPSA) is 71.0 Å². The number of hydrogen-bond acceptors (Lipinski definition) is 5. The van der Waals surface area contributed by atoms with Crippen LogP contribution in [0.25, 0.3) is 0 Å². The molecule has 1 N–H and O–H groups in total. The molecular weight excluding hydrogens is 398 g/mol. The zero-order chi connectivity index (χ0) is 20.3. The van der Waals surface area contributed by atoms with Gasteiger partial charge in [-0.05, 0) is 37.3 Å². The molecule has 1 aliphatic rings. The van der Waals surface area contributed by atoms with E-state index in [9.17, 15) is 9.59 Å². The molecule has 2 amide bonds. The number of amidine groups is 1. The maximum absolute atomic E-state index is 12.5. The van der Waals surface area contributed by atoms with Crippen LogP contribution in [0.2, 0.25) is 5.02 Å². The maximum Gasteiger partial charge on any atom is 0.242 e. The lowest BCUT2D eigenvalue weighted by Crippen LogP contribution is -2.30.